The molecule has 1 aliphatic heterocycles. The minimum absolute atomic E-state index is 0.00921. The number of hydrogen-bond donors (Lipinski definition) is 0. The van der Waals surface area contributed by atoms with Gasteiger partial charge in [0.2, 0.25) is 11.7 Å². The van der Waals surface area contributed by atoms with E-state index in [0.717, 1.165) is 11.3 Å². The fourth-order valence-electron chi connectivity index (χ4n) is 3.48. The Hall–Kier alpha value is -2.87. The molecule has 3 rings (SSSR count). The van der Waals surface area contributed by atoms with Gasteiger partial charge in [0.25, 0.3) is 5.91 Å². The van der Waals surface area contributed by atoms with Gasteiger partial charge < -0.3 is 23.7 Å². The van der Waals surface area contributed by atoms with Crippen molar-refractivity contribution in [2.45, 2.75) is 33.5 Å². The Kier molecular flexibility index (Phi) is 7.10. The van der Waals surface area contributed by atoms with E-state index >= 15 is 0 Å². The number of aryl methyl sites for hydroxylation is 1. The quantitative estimate of drug-likeness (QED) is 0.691. The lowest BCUT2D eigenvalue weighted by Gasteiger charge is -2.26. The molecule has 1 aliphatic rings. The molecule has 8 nitrogen and oxygen atoms in total. The van der Waals surface area contributed by atoms with E-state index in [1.807, 2.05) is 24.3 Å². The molecule has 30 heavy (non-hydrogen) atoms. The Bertz CT molecular complexity index is 879. The number of rotatable bonds is 7. The van der Waals surface area contributed by atoms with Crippen LogP contribution in [-0.4, -0.2) is 66.0 Å². The third-order valence-electron chi connectivity index (χ3n) is 4.96. The average Bonchev–Trinajstić information content (AvgIpc) is 3.08. The van der Waals surface area contributed by atoms with Crippen LogP contribution in [0, 0.1) is 12.8 Å². The zero-order chi connectivity index (χ0) is 21.7. The molecular weight excluding hydrogens is 386 g/mol. The number of carbonyl (C=O) groups is 2. The molecule has 1 aromatic heterocycles. The number of ether oxygens (including phenoxy) is 2. The van der Waals surface area contributed by atoms with Gasteiger partial charge >= 0.3 is 0 Å². The molecule has 8 heteroatoms. The minimum atomic E-state index is -0.347. The molecule has 0 unspecified atom stereocenters. The number of methoxy groups -OCH3 is 1. The fraction of sp³-hybridized carbons (Fsp3) is 0.500. The van der Waals surface area contributed by atoms with Crippen LogP contribution in [0.2, 0.25) is 0 Å². The highest BCUT2D eigenvalue weighted by Crippen LogP contribution is 2.18. The second-order valence-electron chi connectivity index (χ2n) is 7.93. The zero-order valence-corrected chi connectivity index (χ0v) is 18.0. The molecule has 2 amide bonds. The first-order chi connectivity index (χ1) is 14.4. The normalized spacial score (nSPS) is 17.4. The maximum absolute atomic E-state index is 13.0. The van der Waals surface area contributed by atoms with Gasteiger partial charge in [-0.1, -0.05) is 26.0 Å². The molecule has 2 aromatic rings. The number of aromatic nitrogens is 1. The molecule has 2 heterocycles. The lowest BCUT2D eigenvalue weighted by atomic mass is 10.2. The smallest absolute Gasteiger partial charge is 0.292 e. The van der Waals surface area contributed by atoms with Gasteiger partial charge in [0.15, 0.2) is 6.39 Å². The van der Waals surface area contributed by atoms with Gasteiger partial charge in [0.05, 0.1) is 25.5 Å². The first-order valence-electron chi connectivity index (χ1n) is 10.1. The summed E-state index contributed by atoms with van der Waals surface area (Å²) in [5.74, 6) is 0.783. The molecule has 0 N–H and O–H groups in total. The van der Waals surface area contributed by atoms with Crippen LogP contribution in [0.15, 0.2) is 35.1 Å². The number of hydrogen-bond acceptors (Lipinski definition) is 6. The molecule has 162 valence electrons. The summed E-state index contributed by atoms with van der Waals surface area (Å²) in [4.78, 5) is 33.1. The Labute approximate surface area is 176 Å². The summed E-state index contributed by atoms with van der Waals surface area (Å²) in [6.07, 6.45) is 0.915. The Morgan fingerprint density at radius 1 is 1.33 bits per heavy atom. The van der Waals surface area contributed by atoms with Crippen LogP contribution in [0.25, 0.3) is 0 Å². The van der Waals surface area contributed by atoms with E-state index in [1.165, 1.54) is 11.3 Å². The molecule has 0 saturated carbocycles. The van der Waals surface area contributed by atoms with Crippen LogP contribution in [0.3, 0.4) is 0 Å². The van der Waals surface area contributed by atoms with E-state index in [1.54, 1.807) is 18.9 Å². The number of benzene rings is 1. The SMILES string of the molecule is COc1cccc(CO[C@@H]2CN(CC(C)C)C(=O)CN(C(=O)c3ocnc3C)C2)c1. The maximum Gasteiger partial charge on any atom is 0.292 e. The Morgan fingerprint density at radius 3 is 2.80 bits per heavy atom. The lowest BCUT2D eigenvalue weighted by molar-refractivity contribution is -0.132. The van der Waals surface area contributed by atoms with Crippen LogP contribution in [0.4, 0.5) is 0 Å². The Morgan fingerprint density at radius 2 is 2.13 bits per heavy atom. The van der Waals surface area contributed by atoms with Crippen molar-refractivity contribution in [3.05, 3.63) is 47.7 Å². The van der Waals surface area contributed by atoms with Crippen molar-refractivity contribution in [1.82, 2.24) is 14.8 Å². The molecule has 1 saturated heterocycles. The topological polar surface area (TPSA) is 85.1 Å². The summed E-state index contributed by atoms with van der Waals surface area (Å²) in [5.41, 5.74) is 1.47. The summed E-state index contributed by atoms with van der Waals surface area (Å²) in [7, 11) is 1.62. The highest BCUT2D eigenvalue weighted by atomic mass is 16.5. The molecule has 0 aliphatic carbocycles. The summed E-state index contributed by atoms with van der Waals surface area (Å²) in [6.45, 7) is 7.51. The van der Waals surface area contributed by atoms with Crippen molar-refractivity contribution >= 4 is 11.8 Å². The van der Waals surface area contributed by atoms with Gasteiger partial charge in [-0.3, -0.25) is 9.59 Å². The van der Waals surface area contributed by atoms with Gasteiger partial charge in [-0.15, -0.1) is 0 Å². The Balaban J connectivity index is 1.77. The van der Waals surface area contributed by atoms with Gasteiger partial charge in [0, 0.05) is 19.6 Å². The summed E-state index contributed by atoms with van der Waals surface area (Å²) in [5, 5.41) is 0. The van der Waals surface area contributed by atoms with Crippen molar-refractivity contribution in [3.8, 4) is 5.75 Å². The zero-order valence-electron chi connectivity index (χ0n) is 18.0. The van der Waals surface area contributed by atoms with Crippen LogP contribution < -0.4 is 4.74 Å². The second-order valence-corrected chi connectivity index (χ2v) is 7.93. The monoisotopic (exact) mass is 415 g/mol. The van der Waals surface area contributed by atoms with E-state index in [-0.39, 0.29) is 30.2 Å². The van der Waals surface area contributed by atoms with E-state index in [2.05, 4.69) is 18.8 Å². The van der Waals surface area contributed by atoms with Crippen LogP contribution in [-0.2, 0) is 16.1 Å². The van der Waals surface area contributed by atoms with Crippen molar-refractivity contribution in [2.24, 2.45) is 5.92 Å². The third kappa shape index (κ3) is 5.38. The van der Waals surface area contributed by atoms with Gasteiger partial charge in [-0.2, -0.15) is 0 Å². The lowest BCUT2D eigenvalue weighted by Crippen LogP contribution is -2.40. The number of carbonyl (C=O) groups excluding carboxylic acids is 2. The maximum atomic E-state index is 13.0. The van der Waals surface area contributed by atoms with Crippen molar-refractivity contribution < 1.29 is 23.5 Å². The van der Waals surface area contributed by atoms with E-state index in [0.29, 0.717) is 37.9 Å². The minimum Gasteiger partial charge on any atom is -0.497 e. The first kappa shape index (κ1) is 21.8. The second kappa shape index (κ2) is 9.75. The van der Waals surface area contributed by atoms with E-state index < -0.39 is 0 Å². The van der Waals surface area contributed by atoms with Crippen molar-refractivity contribution in [3.63, 3.8) is 0 Å². The van der Waals surface area contributed by atoms with Crippen molar-refractivity contribution in [2.75, 3.05) is 33.3 Å². The van der Waals surface area contributed by atoms with Crippen LogP contribution in [0.5, 0.6) is 5.75 Å². The number of amides is 2. The standard InChI is InChI=1S/C22H29N3O5/c1-15(2)9-24-10-19(29-13-17-6-5-7-18(8-17)28-4)11-25(12-20(24)26)22(27)21-16(3)23-14-30-21/h5-8,14-15,19H,9-13H2,1-4H3/t19-/m1/s1. The first-order valence-corrected chi connectivity index (χ1v) is 10.1. The molecule has 1 aromatic carbocycles. The van der Waals surface area contributed by atoms with E-state index in [9.17, 15) is 9.59 Å². The molecular formula is C22H29N3O5. The van der Waals surface area contributed by atoms with E-state index in [4.69, 9.17) is 13.9 Å². The molecule has 1 atom stereocenters. The molecule has 1 fully saturated rings. The van der Waals surface area contributed by atoms with Gasteiger partial charge in [-0.25, -0.2) is 4.98 Å². The average molecular weight is 415 g/mol. The van der Waals surface area contributed by atoms with Crippen LogP contribution in [0.1, 0.15) is 35.7 Å². The van der Waals surface area contributed by atoms with Gasteiger partial charge in [-0.05, 0) is 30.5 Å². The fourth-order valence-corrected chi connectivity index (χ4v) is 3.48. The molecule has 0 spiro atoms. The third-order valence-corrected chi connectivity index (χ3v) is 4.96. The highest BCUT2D eigenvalue weighted by molar-refractivity contribution is 5.95. The van der Waals surface area contributed by atoms with Crippen molar-refractivity contribution in [1.29, 1.82) is 0 Å². The number of nitrogens with zero attached hydrogens (tertiary/aromatic N) is 3. The summed E-state index contributed by atoms with van der Waals surface area (Å²) >= 11 is 0. The predicted octanol–water partition coefficient (Wildman–Crippen LogP) is 2.52. The number of oxazole rings is 1. The molecule has 0 radical (unpaired) electrons. The molecule has 0 bridgehead atoms. The highest BCUT2D eigenvalue weighted by Gasteiger charge is 2.33. The summed E-state index contributed by atoms with van der Waals surface area (Å²) < 4.78 is 16.7. The van der Waals surface area contributed by atoms with Crippen LogP contribution >= 0.6 is 0 Å². The van der Waals surface area contributed by atoms with Gasteiger partial charge in [0.1, 0.15) is 12.3 Å². The summed E-state index contributed by atoms with van der Waals surface area (Å²) in [6, 6.07) is 7.64. The predicted molar refractivity (Wildman–Crippen MR) is 110 cm³/mol. The largest absolute Gasteiger partial charge is 0.497 e.